The maximum atomic E-state index is 13.4. The molecule has 0 N–H and O–H groups in total. The van der Waals surface area contributed by atoms with E-state index in [1.807, 2.05) is 13.0 Å². The molecular weight excluding hydrogens is 365 g/mol. The van der Waals surface area contributed by atoms with Gasteiger partial charge in [0.1, 0.15) is 5.82 Å². The Morgan fingerprint density at radius 2 is 1.85 bits per heavy atom. The molecule has 0 aliphatic carbocycles. The number of hydrogen-bond donors (Lipinski definition) is 0. The largest absolute Gasteiger partial charge is 0.375 e. The number of benzene rings is 2. The number of hydrogen-bond acceptors (Lipinski definition) is 3. The summed E-state index contributed by atoms with van der Waals surface area (Å²) in [5.74, 6) is -0.295. The van der Waals surface area contributed by atoms with Gasteiger partial charge < -0.3 is 4.74 Å². The summed E-state index contributed by atoms with van der Waals surface area (Å²) in [7, 11) is -3.56. The summed E-state index contributed by atoms with van der Waals surface area (Å²) < 4.78 is 47.1. The van der Waals surface area contributed by atoms with E-state index in [1.54, 1.807) is 28.6 Å². The minimum Gasteiger partial charge on any atom is -0.375 e. The van der Waals surface area contributed by atoms with E-state index in [0.29, 0.717) is 13.1 Å². The number of sulfonamides is 1. The third kappa shape index (κ3) is 3.53. The first-order chi connectivity index (χ1) is 12.9. The van der Waals surface area contributed by atoms with Crippen LogP contribution in [-0.4, -0.2) is 38.0 Å². The molecule has 0 atom stereocenters. The van der Waals surface area contributed by atoms with Gasteiger partial charge in [-0.25, -0.2) is 12.8 Å². The van der Waals surface area contributed by atoms with Gasteiger partial charge in [-0.15, -0.1) is 0 Å². The van der Waals surface area contributed by atoms with E-state index in [4.69, 9.17) is 4.74 Å². The van der Waals surface area contributed by atoms with Crippen LogP contribution >= 0.6 is 0 Å². The molecule has 0 aromatic heterocycles. The Morgan fingerprint density at radius 1 is 1.07 bits per heavy atom. The van der Waals surface area contributed by atoms with Gasteiger partial charge >= 0.3 is 0 Å². The number of aryl methyl sites for hydroxylation is 1. The molecule has 0 saturated carbocycles. The number of halogens is 1. The van der Waals surface area contributed by atoms with Gasteiger partial charge in [0.2, 0.25) is 10.0 Å². The van der Waals surface area contributed by atoms with Crippen molar-refractivity contribution < 1.29 is 17.5 Å². The summed E-state index contributed by atoms with van der Waals surface area (Å²) >= 11 is 0. The van der Waals surface area contributed by atoms with Gasteiger partial charge in [-0.1, -0.05) is 18.2 Å². The van der Waals surface area contributed by atoms with Crippen molar-refractivity contribution in [3.63, 3.8) is 0 Å². The second-order valence-electron chi connectivity index (χ2n) is 7.53. The highest BCUT2D eigenvalue weighted by Gasteiger charge is 2.41. The van der Waals surface area contributed by atoms with Gasteiger partial charge in [0.25, 0.3) is 0 Å². The highest BCUT2D eigenvalue weighted by molar-refractivity contribution is 7.89. The lowest BCUT2D eigenvalue weighted by atomic mass is 9.90. The molecule has 0 amide bonds. The summed E-state index contributed by atoms with van der Waals surface area (Å²) in [5.41, 5.74) is 2.29. The average Bonchev–Trinajstić information content (AvgIpc) is 3.10. The van der Waals surface area contributed by atoms with Gasteiger partial charge in [0.15, 0.2) is 0 Å². The Morgan fingerprint density at radius 3 is 2.52 bits per heavy atom. The molecule has 0 bridgehead atoms. The van der Waals surface area contributed by atoms with Crippen molar-refractivity contribution >= 4 is 10.0 Å². The van der Waals surface area contributed by atoms with Crippen LogP contribution in [0.25, 0.3) is 11.1 Å². The molecule has 144 valence electrons. The monoisotopic (exact) mass is 389 g/mol. The first kappa shape index (κ1) is 18.6. The third-order valence-electron chi connectivity index (χ3n) is 5.79. The summed E-state index contributed by atoms with van der Waals surface area (Å²) in [6.45, 7) is 3.58. The summed E-state index contributed by atoms with van der Waals surface area (Å²) in [6.07, 6.45) is 3.60. The topological polar surface area (TPSA) is 46.6 Å². The van der Waals surface area contributed by atoms with Gasteiger partial charge in [-0.05, 0) is 73.6 Å². The van der Waals surface area contributed by atoms with E-state index in [2.05, 4.69) is 0 Å². The predicted octanol–water partition coefficient (Wildman–Crippen LogP) is 4.13. The van der Waals surface area contributed by atoms with Crippen molar-refractivity contribution in [2.24, 2.45) is 0 Å². The van der Waals surface area contributed by atoms with Crippen LogP contribution in [0.5, 0.6) is 0 Å². The molecule has 2 heterocycles. The van der Waals surface area contributed by atoms with Crippen LogP contribution in [0.4, 0.5) is 4.39 Å². The summed E-state index contributed by atoms with van der Waals surface area (Å²) in [4.78, 5) is 0.284. The van der Waals surface area contributed by atoms with Crippen LogP contribution in [0, 0.1) is 12.7 Å². The van der Waals surface area contributed by atoms with E-state index >= 15 is 0 Å². The first-order valence-electron chi connectivity index (χ1n) is 9.40. The lowest BCUT2D eigenvalue weighted by Crippen LogP contribution is -2.46. The molecule has 27 heavy (non-hydrogen) atoms. The molecule has 2 saturated heterocycles. The number of ether oxygens (including phenoxy) is 1. The van der Waals surface area contributed by atoms with E-state index in [0.717, 1.165) is 49.0 Å². The zero-order chi connectivity index (χ0) is 19.1. The molecule has 6 heteroatoms. The zero-order valence-corrected chi connectivity index (χ0v) is 16.3. The highest BCUT2D eigenvalue weighted by Crippen LogP contribution is 2.37. The predicted molar refractivity (Wildman–Crippen MR) is 102 cm³/mol. The molecular formula is C21H24FNO3S. The smallest absolute Gasteiger partial charge is 0.243 e. The molecule has 4 rings (SSSR count). The molecule has 0 radical (unpaired) electrons. The van der Waals surface area contributed by atoms with Gasteiger partial charge in [-0.3, -0.25) is 0 Å². The van der Waals surface area contributed by atoms with Gasteiger partial charge in [0.05, 0.1) is 10.5 Å². The van der Waals surface area contributed by atoms with E-state index < -0.39 is 10.0 Å². The van der Waals surface area contributed by atoms with Crippen LogP contribution in [0.15, 0.2) is 47.4 Å². The molecule has 1 spiro atoms. The Hall–Kier alpha value is -1.76. The van der Waals surface area contributed by atoms with Crippen molar-refractivity contribution in [2.45, 2.75) is 43.1 Å². The fraction of sp³-hybridized carbons (Fsp3) is 0.429. The van der Waals surface area contributed by atoms with Crippen molar-refractivity contribution in [3.8, 4) is 11.1 Å². The molecule has 2 aromatic rings. The van der Waals surface area contributed by atoms with Gasteiger partial charge in [-0.2, -0.15) is 4.31 Å². The Kier molecular flexibility index (Phi) is 4.82. The Balaban J connectivity index is 1.59. The number of piperidine rings is 1. The third-order valence-corrected chi connectivity index (χ3v) is 7.68. The fourth-order valence-corrected chi connectivity index (χ4v) is 5.70. The molecule has 2 aliphatic rings. The fourth-order valence-electron chi connectivity index (χ4n) is 4.21. The van der Waals surface area contributed by atoms with E-state index in [-0.39, 0.29) is 16.3 Å². The Labute approximate surface area is 160 Å². The molecule has 0 unspecified atom stereocenters. The minimum atomic E-state index is -3.56. The van der Waals surface area contributed by atoms with Crippen LogP contribution in [0.2, 0.25) is 0 Å². The van der Waals surface area contributed by atoms with Gasteiger partial charge in [0, 0.05) is 19.7 Å². The average molecular weight is 389 g/mol. The van der Waals surface area contributed by atoms with Crippen LogP contribution in [0.1, 0.15) is 31.2 Å². The van der Waals surface area contributed by atoms with Crippen LogP contribution in [0.3, 0.4) is 0 Å². The summed E-state index contributed by atoms with van der Waals surface area (Å²) in [6, 6.07) is 11.5. The molecule has 2 fully saturated rings. The SMILES string of the molecule is Cc1cc(F)ccc1-c1cccc(S(=O)(=O)N2CCC3(CCCO3)CC2)c1. The van der Waals surface area contributed by atoms with Crippen molar-refractivity contribution in [1.82, 2.24) is 4.31 Å². The maximum absolute atomic E-state index is 13.4. The van der Waals surface area contributed by atoms with E-state index in [9.17, 15) is 12.8 Å². The Bertz CT molecular complexity index is 942. The van der Waals surface area contributed by atoms with Crippen LogP contribution < -0.4 is 0 Å². The number of rotatable bonds is 3. The lowest BCUT2D eigenvalue weighted by Gasteiger charge is -2.37. The zero-order valence-electron chi connectivity index (χ0n) is 15.4. The van der Waals surface area contributed by atoms with Crippen molar-refractivity contribution in [1.29, 1.82) is 0 Å². The molecule has 4 nitrogen and oxygen atoms in total. The summed E-state index contributed by atoms with van der Waals surface area (Å²) in [5, 5.41) is 0. The second kappa shape index (κ2) is 7.00. The minimum absolute atomic E-state index is 0.112. The molecule has 2 aliphatic heterocycles. The van der Waals surface area contributed by atoms with Crippen LogP contribution in [-0.2, 0) is 14.8 Å². The lowest BCUT2D eigenvalue weighted by molar-refractivity contribution is -0.0309. The second-order valence-corrected chi connectivity index (χ2v) is 9.46. The standard InChI is InChI=1S/C21H24FNO3S/c1-16-14-18(22)6-7-20(16)17-4-2-5-19(15-17)27(24,25)23-11-9-21(10-12-23)8-3-13-26-21/h2,4-7,14-15H,3,8-13H2,1H3. The normalized spacial score (nSPS) is 20.2. The first-order valence-corrected chi connectivity index (χ1v) is 10.8. The maximum Gasteiger partial charge on any atom is 0.243 e. The van der Waals surface area contributed by atoms with Crippen molar-refractivity contribution in [2.75, 3.05) is 19.7 Å². The molecule has 2 aromatic carbocycles. The quantitative estimate of drug-likeness (QED) is 0.793. The van der Waals surface area contributed by atoms with Crippen molar-refractivity contribution in [3.05, 3.63) is 53.8 Å². The highest BCUT2D eigenvalue weighted by atomic mass is 32.2. The van der Waals surface area contributed by atoms with E-state index in [1.165, 1.54) is 12.1 Å². The number of nitrogens with zero attached hydrogens (tertiary/aromatic N) is 1.